The van der Waals surface area contributed by atoms with Gasteiger partial charge >= 0.3 is 11.7 Å². The Bertz CT molecular complexity index is 1270. The molecule has 2 N–H and O–H groups in total. The summed E-state index contributed by atoms with van der Waals surface area (Å²) in [4.78, 5) is 42.4. The molecule has 1 saturated heterocycles. The molecule has 0 spiro atoms. The van der Waals surface area contributed by atoms with E-state index in [0.29, 0.717) is 15.6 Å². The molecule has 1 amide bonds. The molecule has 33 heavy (non-hydrogen) atoms. The van der Waals surface area contributed by atoms with Crippen LogP contribution in [-0.4, -0.2) is 33.0 Å². The van der Waals surface area contributed by atoms with Crippen molar-refractivity contribution in [3.8, 4) is 0 Å². The fourth-order valence-corrected chi connectivity index (χ4v) is 4.61. The lowest BCUT2D eigenvalue weighted by Crippen LogP contribution is -2.88. The summed E-state index contributed by atoms with van der Waals surface area (Å²) in [5.74, 6) is -0.916. The number of hydrogen-bond acceptors (Lipinski definition) is 5. The van der Waals surface area contributed by atoms with Crippen LogP contribution in [0.1, 0.15) is 28.8 Å². The zero-order valence-electron chi connectivity index (χ0n) is 17.4. The van der Waals surface area contributed by atoms with Crippen LogP contribution in [0.25, 0.3) is 0 Å². The second kappa shape index (κ2) is 10.5. The molecule has 1 aliphatic rings. The fourth-order valence-electron chi connectivity index (χ4n) is 3.42. The third-order valence-electron chi connectivity index (χ3n) is 5.20. The lowest BCUT2D eigenvalue weighted by molar-refractivity contribution is -0.659. The Labute approximate surface area is 203 Å². The van der Waals surface area contributed by atoms with E-state index in [-0.39, 0.29) is 30.1 Å². The molecular formula is C22H21Cl2N4O4S+. The molecule has 0 bridgehead atoms. The predicted molar refractivity (Wildman–Crippen MR) is 124 cm³/mol. The summed E-state index contributed by atoms with van der Waals surface area (Å²) >= 11 is 12.8. The molecule has 8 nitrogen and oxygen atoms in total. The van der Waals surface area contributed by atoms with Gasteiger partial charge in [0.15, 0.2) is 12.8 Å². The van der Waals surface area contributed by atoms with Gasteiger partial charge in [-0.15, -0.1) is 0 Å². The third kappa shape index (κ3) is 5.80. The van der Waals surface area contributed by atoms with Crippen molar-refractivity contribution in [2.75, 3.05) is 6.54 Å². The fraction of sp³-hybridized carbons (Fsp3) is 0.273. The van der Waals surface area contributed by atoms with E-state index >= 15 is 0 Å². The van der Waals surface area contributed by atoms with Crippen LogP contribution in [0.5, 0.6) is 0 Å². The summed E-state index contributed by atoms with van der Waals surface area (Å²) in [6.07, 6.45) is 1.68. The summed E-state index contributed by atoms with van der Waals surface area (Å²) < 4.78 is 8.04. The maximum absolute atomic E-state index is 13.1. The van der Waals surface area contributed by atoms with Crippen LogP contribution in [0.15, 0.2) is 58.3 Å². The van der Waals surface area contributed by atoms with Crippen molar-refractivity contribution in [3.05, 3.63) is 85.0 Å². The van der Waals surface area contributed by atoms with E-state index < -0.39 is 11.6 Å². The molecule has 1 aliphatic heterocycles. The molecular weight excluding hydrogens is 487 g/mol. The number of nitrogens with two attached hydrogens (primary N) is 1. The number of aromatic nitrogens is 2. The summed E-state index contributed by atoms with van der Waals surface area (Å²) in [5.41, 5.74) is 0.748. The van der Waals surface area contributed by atoms with E-state index in [4.69, 9.17) is 27.9 Å². The first-order valence-corrected chi connectivity index (χ1v) is 11.8. The molecule has 3 aromatic rings. The topological polar surface area (TPSA) is 99.3 Å². The number of quaternary nitrogens is 1. The van der Waals surface area contributed by atoms with Crippen LogP contribution in [0, 0.1) is 0 Å². The quantitative estimate of drug-likeness (QED) is 0.516. The van der Waals surface area contributed by atoms with Crippen molar-refractivity contribution in [1.82, 2.24) is 8.52 Å². The van der Waals surface area contributed by atoms with Crippen molar-refractivity contribution in [3.63, 3.8) is 0 Å². The second-order valence-corrected chi connectivity index (χ2v) is 9.40. The number of benzene rings is 2. The number of ether oxygens (including phenoxy) is 1. The number of nitrogens with zero attached hydrogens (tertiary/aromatic N) is 3. The summed E-state index contributed by atoms with van der Waals surface area (Å²) in [6, 6.07) is 13.1. The molecule has 1 atom stereocenters. The molecule has 2 heterocycles. The van der Waals surface area contributed by atoms with Crippen molar-refractivity contribution in [2.45, 2.75) is 32.2 Å². The van der Waals surface area contributed by atoms with E-state index in [0.717, 1.165) is 36.5 Å². The van der Waals surface area contributed by atoms with Gasteiger partial charge in [0, 0.05) is 28.5 Å². The maximum atomic E-state index is 13.1. The summed E-state index contributed by atoms with van der Waals surface area (Å²) in [6.45, 7) is 0.809. The Morgan fingerprint density at radius 3 is 2.39 bits per heavy atom. The van der Waals surface area contributed by atoms with Crippen molar-refractivity contribution in [2.24, 2.45) is 4.99 Å². The smallest absolute Gasteiger partial charge is 0.366 e. The highest BCUT2D eigenvalue weighted by Gasteiger charge is 2.28. The van der Waals surface area contributed by atoms with Crippen molar-refractivity contribution < 1.29 is 19.6 Å². The Morgan fingerprint density at radius 1 is 1.09 bits per heavy atom. The van der Waals surface area contributed by atoms with Gasteiger partial charge in [0.1, 0.15) is 0 Å². The molecule has 4 rings (SSSR count). The predicted octanol–water partition coefficient (Wildman–Crippen LogP) is 2.03. The Balaban J connectivity index is 1.65. The van der Waals surface area contributed by atoms with Gasteiger partial charge in [0.2, 0.25) is 4.80 Å². The van der Waals surface area contributed by atoms with E-state index in [2.05, 4.69) is 4.99 Å². The lowest BCUT2D eigenvalue weighted by Gasteiger charge is -2.08. The molecule has 0 aliphatic carbocycles. The van der Waals surface area contributed by atoms with Crippen LogP contribution >= 0.6 is 34.7 Å². The molecule has 11 heteroatoms. The third-order valence-corrected chi connectivity index (χ3v) is 6.69. The zero-order valence-corrected chi connectivity index (χ0v) is 19.8. The van der Waals surface area contributed by atoms with Crippen LogP contribution in [0.3, 0.4) is 0 Å². The number of esters is 1. The minimum Gasteiger partial charge on any atom is -0.439 e. The van der Waals surface area contributed by atoms with E-state index in [1.165, 1.54) is 8.52 Å². The van der Waals surface area contributed by atoms with E-state index in [1.54, 1.807) is 36.4 Å². The number of carbonyl (C=O) groups excluding carboxylic acids is 2. The Hall–Kier alpha value is -2.72. The van der Waals surface area contributed by atoms with Gasteiger partial charge in [0.25, 0.3) is 5.91 Å². The average molecular weight is 508 g/mol. The molecule has 172 valence electrons. The normalized spacial score (nSPS) is 16.2. The minimum absolute atomic E-state index is 0.136. The average Bonchev–Trinajstić information content (AvgIpc) is 3.44. The lowest BCUT2D eigenvalue weighted by atomic mass is 10.2. The first-order valence-electron chi connectivity index (χ1n) is 10.3. The first-order chi connectivity index (χ1) is 15.9. The Morgan fingerprint density at radius 2 is 1.76 bits per heavy atom. The maximum Gasteiger partial charge on any atom is 0.366 e. The van der Waals surface area contributed by atoms with Gasteiger partial charge in [-0.1, -0.05) is 35.3 Å². The van der Waals surface area contributed by atoms with Crippen LogP contribution in [0.2, 0.25) is 10.0 Å². The molecule has 1 unspecified atom stereocenters. The molecule has 1 fully saturated rings. The number of halogens is 2. The molecule has 0 saturated carbocycles. The van der Waals surface area contributed by atoms with Crippen LogP contribution < -0.4 is 15.8 Å². The zero-order chi connectivity index (χ0) is 23.4. The van der Waals surface area contributed by atoms with Crippen molar-refractivity contribution >= 4 is 46.6 Å². The summed E-state index contributed by atoms with van der Waals surface area (Å²) in [5, 5.41) is 3.01. The minimum atomic E-state index is -0.532. The number of hydrogen-bond donors (Lipinski definition) is 1. The molecule has 0 radical (unpaired) electrons. The van der Waals surface area contributed by atoms with Gasteiger partial charge in [-0.3, -0.25) is 4.79 Å². The standard InChI is InChI=1S/C22H20Cl2N4O4S/c23-16-7-3-14(4-8-16)12-28-22(31)27(13-32-20(30)18-2-1-11-25-18)21(33-28)26-19(29)15-5-9-17(24)10-6-15/h3-10,18,25H,1-2,11-13H2/p+1. The SMILES string of the molecule is O=C(N=c1sn(Cc2ccc(Cl)cc2)c(=O)n1COC(=O)C1CCC[NH2+]1)c1ccc(Cl)cc1. The van der Waals surface area contributed by atoms with E-state index in [9.17, 15) is 14.4 Å². The van der Waals surface area contributed by atoms with Gasteiger partial charge in [-0.05, 0) is 53.5 Å². The van der Waals surface area contributed by atoms with Crippen LogP contribution in [0.4, 0.5) is 0 Å². The van der Waals surface area contributed by atoms with Gasteiger partial charge < -0.3 is 10.1 Å². The molecule has 2 aromatic carbocycles. The Kier molecular flexibility index (Phi) is 7.44. The van der Waals surface area contributed by atoms with Gasteiger partial charge in [0.05, 0.1) is 13.1 Å². The van der Waals surface area contributed by atoms with Crippen molar-refractivity contribution in [1.29, 1.82) is 0 Å². The van der Waals surface area contributed by atoms with Gasteiger partial charge in [-0.25, -0.2) is 18.1 Å². The summed E-state index contributed by atoms with van der Waals surface area (Å²) in [7, 11) is 0. The largest absolute Gasteiger partial charge is 0.439 e. The monoisotopic (exact) mass is 507 g/mol. The highest BCUT2D eigenvalue weighted by Crippen LogP contribution is 2.12. The second-order valence-electron chi connectivity index (χ2n) is 7.54. The number of amides is 1. The molecule has 1 aromatic heterocycles. The van der Waals surface area contributed by atoms with Crippen LogP contribution in [-0.2, 0) is 22.8 Å². The van der Waals surface area contributed by atoms with E-state index in [1.807, 2.05) is 17.4 Å². The number of carbonyl (C=O) groups is 2. The highest BCUT2D eigenvalue weighted by molar-refractivity contribution is 7.03. The first kappa shape index (κ1) is 23.4. The number of rotatable bonds is 6. The highest BCUT2D eigenvalue weighted by atomic mass is 35.5. The van der Waals surface area contributed by atoms with Gasteiger partial charge in [-0.2, -0.15) is 4.99 Å².